The van der Waals surface area contributed by atoms with Crippen LogP contribution in [0.15, 0.2) is 30.5 Å². The van der Waals surface area contributed by atoms with Crippen molar-refractivity contribution < 1.29 is 18.8 Å². The van der Waals surface area contributed by atoms with Gasteiger partial charge in [-0.25, -0.2) is 13.8 Å². The molecule has 5 nitrogen and oxygen atoms in total. The first-order chi connectivity index (χ1) is 9.93. The lowest BCUT2D eigenvalue weighted by Crippen LogP contribution is -2.24. The highest BCUT2D eigenvalue weighted by atomic mass is 19.1. The molecule has 2 rings (SSSR count). The SMILES string of the molecule is CC(=O)N(c1cc(F)c(C)c(F)c1)c1cc(NO)ccn1. The van der Waals surface area contributed by atoms with Crippen molar-refractivity contribution in [3.63, 3.8) is 0 Å². The minimum absolute atomic E-state index is 0.0192. The molecule has 0 aliphatic rings. The molecule has 0 atom stereocenters. The highest BCUT2D eigenvalue weighted by molar-refractivity contribution is 5.98. The van der Waals surface area contributed by atoms with E-state index in [0.29, 0.717) is 5.69 Å². The van der Waals surface area contributed by atoms with E-state index in [4.69, 9.17) is 5.21 Å². The van der Waals surface area contributed by atoms with Crippen molar-refractivity contribution in [1.29, 1.82) is 0 Å². The molecule has 0 saturated carbocycles. The highest BCUT2D eigenvalue weighted by Gasteiger charge is 2.19. The molecule has 1 heterocycles. The second kappa shape index (κ2) is 5.84. The van der Waals surface area contributed by atoms with Crippen LogP contribution in [0.2, 0.25) is 0 Å². The molecule has 0 bridgehead atoms. The molecule has 0 spiro atoms. The summed E-state index contributed by atoms with van der Waals surface area (Å²) in [4.78, 5) is 16.8. The first-order valence-electron chi connectivity index (χ1n) is 6.06. The minimum Gasteiger partial charge on any atom is -0.291 e. The van der Waals surface area contributed by atoms with Crippen LogP contribution < -0.4 is 10.4 Å². The molecule has 0 unspecified atom stereocenters. The minimum atomic E-state index is -0.757. The normalized spacial score (nSPS) is 10.3. The van der Waals surface area contributed by atoms with Crippen LogP contribution in [0, 0.1) is 18.6 Å². The Morgan fingerprint density at radius 1 is 1.29 bits per heavy atom. The molecule has 0 aliphatic heterocycles. The molecule has 2 aromatic rings. The second-order valence-corrected chi connectivity index (χ2v) is 4.40. The molecule has 110 valence electrons. The Hall–Kier alpha value is -2.54. The molecule has 1 aromatic heterocycles. The Bertz CT molecular complexity index is 669. The zero-order valence-corrected chi connectivity index (χ0v) is 11.4. The third-order valence-electron chi connectivity index (χ3n) is 2.94. The second-order valence-electron chi connectivity index (χ2n) is 4.40. The average Bonchev–Trinajstić information content (AvgIpc) is 2.44. The molecule has 1 amide bonds. The van der Waals surface area contributed by atoms with Crippen LogP contribution in [0.4, 0.5) is 26.0 Å². The Labute approximate surface area is 119 Å². The first kappa shape index (κ1) is 14.9. The fraction of sp³-hybridized carbons (Fsp3) is 0.143. The van der Waals surface area contributed by atoms with Crippen molar-refractivity contribution >= 4 is 23.1 Å². The third-order valence-corrected chi connectivity index (χ3v) is 2.94. The number of amides is 1. The highest BCUT2D eigenvalue weighted by Crippen LogP contribution is 2.28. The molecule has 0 fully saturated rings. The van der Waals surface area contributed by atoms with Gasteiger partial charge in [-0.2, -0.15) is 0 Å². The maximum absolute atomic E-state index is 13.7. The van der Waals surface area contributed by atoms with E-state index >= 15 is 0 Å². The lowest BCUT2D eigenvalue weighted by Gasteiger charge is -2.21. The van der Waals surface area contributed by atoms with E-state index in [2.05, 4.69) is 4.98 Å². The summed E-state index contributed by atoms with van der Waals surface area (Å²) in [7, 11) is 0. The predicted octanol–water partition coefficient (Wildman–Crippen LogP) is 3.15. The number of aromatic nitrogens is 1. The van der Waals surface area contributed by atoms with Crippen LogP contribution >= 0.6 is 0 Å². The van der Waals surface area contributed by atoms with Gasteiger partial charge < -0.3 is 0 Å². The maximum atomic E-state index is 13.7. The summed E-state index contributed by atoms with van der Waals surface area (Å²) in [5, 5.41) is 8.88. The maximum Gasteiger partial charge on any atom is 0.229 e. The quantitative estimate of drug-likeness (QED) is 0.853. The van der Waals surface area contributed by atoms with Crippen molar-refractivity contribution in [3.8, 4) is 0 Å². The van der Waals surface area contributed by atoms with Crippen molar-refractivity contribution in [2.75, 3.05) is 10.4 Å². The number of rotatable bonds is 3. The number of hydrogen-bond donors (Lipinski definition) is 2. The monoisotopic (exact) mass is 293 g/mol. The topological polar surface area (TPSA) is 65.5 Å². The van der Waals surface area contributed by atoms with E-state index < -0.39 is 17.5 Å². The van der Waals surface area contributed by atoms with Crippen LogP contribution in [0.3, 0.4) is 0 Å². The zero-order valence-electron chi connectivity index (χ0n) is 11.4. The van der Waals surface area contributed by atoms with Gasteiger partial charge in [0.1, 0.15) is 17.5 Å². The van der Waals surface area contributed by atoms with Gasteiger partial charge in [0, 0.05) is 24.8 Å². The number of pyridine rings is 1. The largest absolute Gasteiger partial charge is 0.291 e. The number of nitrogens with zero attached hydrogens (tertiary/aromatic N) is 2. The number of benzene rings is 1. The Morgan fingerprint density at radius 2 is 1.90 bits per heavy atom. The number of hydrogen-bond acceptors (Lipinski definition) is 4. The summed E-state index contributed by atoms with van der Waals surface area (Å²) in [6.07, 6.45) is 1.35. The molecule has 0 saturated heterocycles. The summed E-state index contributed by atoms with van der Waals surface area (Å²) < 4.78 is 27.3. The van der Waals surface area contributed by atoms with Gasteiger partial charge in [-0.15, -0.1) is 0 Å². The summed E-state index contributed by atoms with van der Waals surface area (Å²) >= 11 is 0. The Morgan fingerprint density at radius 3 is 2.43 bits per heavy atom. The van der Waals surface area contributed by atoms with Crippen molar-refractivity contribution in [2.24, 2.45) is 0 Å². The first-order valence-corrected chi connectivity index (χ1v) is 6.06. The summed E-state index contributed by atoms with van der Waals surface area (Å²) in [6.45, 7) is 2.55. The lowest BCUT2D eigenvalue weighted by molar-refractivity contribution is -0.115. The van der Waals surface area contributed by atoms with Gasteiger partial charge >= 0.3 is 0 Å². The van der Waals surface area contributed by atoms with Crippen molar-refractivity contribution in [2.45, 2.75) is 13.8 Å². The van der Waals surface area contributed by atoms with E-state index in [1.54, 1.807) is 0 Å². The fourth-order valence-electron chi connectivity index (χ4n) is 1.85. The standard InChI is InChI=1S/C14H13F2N3O2/c1-8-12(15)6-11(7-13(8)16)19(9(2)20)14-5-10(18-21)3-4-17-14/h3-7,21H,1-2H3,(H,17,18). The van der Waals surface area contributed by atoms with Crippen molar-refractivity contribution in [3.05, 3.63) is 47.7 Å². The summed E-state index contributed by atoms with van der Waals surface area (Å²) in [5.41, 5.74) is 2.10. The fourth-order valence-corrected chi connectivity index (χ4v) is 1.85. The van der Waals surface area contributed by atoms with Crippen LogP contribution in [-0.2, 0) is 4.79 Å². The van der Waals surface area contributed by atoms with Crippen LogP contribution in [0.1, 0.15) is 12.5 Å². The molecule has 7 heteroatoms. The van der Waals surface area contributed by atoms with Gasteiger partial charge in [-0.1, -0.05) is 0 Å². The van der Waals surface area contributed by atoms with Crippen LogP contribution in [0.5, 0.6) is 0 Å². The van der Waals surface area contributed by atoms with Gasteiger partial charge in [0.05, 0.1) is 11.4 Å². The summed E-state index contributed by atoms with van der Waals surface area (Å²) in [5.74, 6) is -1.86. The molecule has 0 radical (unpaired) electrons. The molecular formula is C14H13F2N3O2. The molecule has 1 aromatic carbocycles. The smallest absolute Gasteiger partial charge is 0.229 e. The number of carbonyl (C=O) groups excluding carboxylic acids is 1. The number of halogens is 2. The summed E-state index contributed by atoms with van der Waals surface area (Å²) in [6, 6.07) is 4.95. The number of nitrogens with one attached hydrogen (secondary N) is 1. The van der Waals surface area contributed by atoms with Gasteiger partial charge in [0.15, 0.2) is 0 Å². The van der Waals surface area contributed by atoms with Gasteiger partial charge in [0.2, 0.25) is 5.91 Å². The van der Waals surface area contributed by atoms with E-state index in [9.17, 15) is 13.6 Å². The molecule has 0 aliphatic carbocycles. The van der Waals surface area contributed by atoms with E-state index in [1.165, 1.54) is 32.2 Å². The zero-order chi connectivity index (χ0) is 15.6. The van der Waals surface area contributed by atoms with Gasteiger partial charge in [0.25, 0.3) is 0 Å². The van der Waals surface area contributed by atoms with E-state index in [-0.39, 0.29) is 17.1 Å². The van der Waals surface area contributed by atoms with E-state index in [1.807, 2.05) is 5.48 Å². The average molecular weight is 293 g/mol. The van der Waals surface area contributed by atoms with Gasteiger partial charge in [-0.3, -0.25) is 20.4 Å². The predicted molar refractivity (Wildman–Crippen MR) is 73.6 cm³/mol. The molecular weight excluding hydrogens is 280 g/mol. The molecule has 2 N–H and O–H groups in total. The third kappa shape index (κ3) is 2.97. The molecule has 21 heavy (non-hydrogen) atoms. The Kier molecular flexibility index (Phi) is 4.13. The van der Waals surface area contributed by atoms with Crippen LogP contribution in [-0.4, -0.2) is 16.1 Å². The lowest BCUT2D eigenvalue weighted by atomic mass is 10.2. The number of carbonyl (C=O) groups is 1. The van der Waals surface area contributed by atoms with E-state index in [0.717, 1.165) is 17.0 Å². The van der Waals surface area contributed by atoms with Crippen molar-refractivity contribution in [1.82, 2.24) is 4.98 Å². The van der Waals surface area contributed by atoms with Crippen LogP contribution in [0.25, 0.3) is 0 Å². The van der Waals surface area contributed by atoms with Gasteiger partial charge in [-0.05, 0) is 25.1 Å². The number of anilines is 3. The Balaban J connectivity index is 2.56.